The van der Waals surface area contributed by atoms with Gasteiger partial charge in [0.1, 0.15) is 11.7 Å². The number of likely N-dealkylation sites (tertiary alicyclic amines) is 1. The van der Waals surface area contributed by atoms with Gasteiger partial charge in [0.25, 0.3) is 0 Å². The fraction of sp³-hybridized carbons (Fsp3) is 0.483. The molecular formula is C29H37N5O4. The summed E-state index contributed by atoms with van der Waals surface area (Å²) in [4.78, 5) is 36.3. The van der Waals surface area contributed by atoms with Crippen LogP contribution in [0.2, 0.25) is 0 Å². The molecule has 0 aliphatic carbocycles. The molecule has 202 valence electrons. The van der Waals surface area contributed by atoms with E-state index in [0.717, 1.165) is 60.9 Å². The van der Waals surface area contributed by atoms with Crippen molar-refractivity contribution >= 4 is 28.7 Å². The predicted octanol–water partition coefficient (Wildman–Crippen LogP) is 4.85. The minimum absolute atomic E-state index is 0.0321. The number of fused-ring (bicyclic) bond motifs is 1. The van der Waals surface area contributed by atoms with E-state index in [2.05, 4.69) is 11.9 Å². The Hall–Kier alpha value is -3.75. The Balaban J connectivity index is 1.34. The summed E-state index contributed by atoms with van der Waals surface area (Å²) in [6, 6.07) is 9.42. The lowest BCUT2D eigenvalue weighted by atomic mass is 10.1. The van der Waals surface area contributed by atoms with E-state index in [1.54, 1.807) is 18.2 Å². The van der Waals surface area contributed by atoms with E-state index in [1.165, 1.54) is 0 Å². The van der Waals surface area contributed by atoms with Gasteiger partial charge in [0.2, 0.25) is 5.91 Å². The molecule has 0 spiro atoms. The third-order valence-electron chi connectivity index (χ3n) is 7.58. The number of hydrogen-bond donors (Lipinski definition) is 0. The van der Waals surface area contributed by atoms with Crippen LogP contribution in [0.4, 0.5) is 10.5 Å². The maximum atomic E-state index is 13.6. The number of rotatable bonds is 10. The number of carbonyl (C=O) groups excluding carboxylic acids is 2. The summed E-state index contributed by atoms with van der Waals surface area (Å²) >= 11 is 0. The molecule has 2 aliphatic heterocycles. The van der Waals surface area contributed by atoms with Gasteiger partial charge in [0.15, 0.2) is 11.5 Å². The second-order valence-electron chi connectivity index (χ2n) is 10.1. The normalized spacial score (nSPS) is 18.1. The molecule has 1 aromatic carbocycles. The lowest BCUT2D eigenvalue weighted by molar-refractivity contribution is -0.129. The minimum Gasteiger partial charge on any atom is -0.493 e. The van der Waals surface area contributed by atoms with Gasteiger partial charge in [-0.05, 0) is 49.1 Å². The standard InChI is InChI=1S/C29H37N5O4/c1-4-5-6-18-38-26-19-22(8-9-25(26)37-3)33-15-7-14-32(29(33)36)20-21-10-13-30-27-23(21)11-17-34(27)24-12-16-31(2)28(24)35/h8-11,13,17,19,24H,4-7,12,14-16,18,20H2,1-3H3/t24-/m1/s1. The van der Waals surface area contributed by atoms with Crippen LogP contribution in [0, 0.1) is 0 Å². The number of benzene rings is 1. The van der Waals surface area contributed by atoms with Gasteiger partial charge in [-0.1, -0.05) is 19.8 Å². The molecule has 0 radical (unpaired) electrons. The molecule has 9 heteroatoms. The number of anilines is 1. The van der Waals surface area contributed by atoms with Gasteiger partial charge >= 0.3 is 6.03 Å². The molecule has 2 aromatic heterocycles. The zero-order valence-electron chi connectivity index (χ0n) is 22.6. The van der Waals surface area contributed by atoms with E-state index in [4.69, 9.17) is 9.47 Å². The molecule has 3 amide bonds. The number of carbonyl (C=O) groups is 2. The van der Waals surface area contributed by atoms with Crippen LogP contribution < -0.4 is 14.4 Å². The van der Waals surface area contributed by atoms with E-state index in [0.29, 0.717) is 37.7 Å². The van der Waals surface area contributed by atoms with Crippen molar-refractivity contribution < 1.29 is 19.1 Å². The maximum absolute atomic E-state index is 13.6. The van der Waals surface area contributed by atoms with Gasteiger partial charge < -0.3 is 23.8 Å². The summed E-state index contributed by atoms with van der Waals surface area (Å²) in [6.07, 6.45) is 8.58. The molecule has 0 saturated carbocycles. The number of hydrogen-bond acceptors (Lipinski definition) is 5. The van der Waals surface area contributed by atoms with Gasteiger partial charge in [-0.15, -0.1) is 0 Å². The Kier molecular flexibility index (Phi) is 7.72. The summed E-state index contributed by atoms with van der Waals surface area (Å²) in [5.74, 6) is 1.45. The van der Waals surface area contributed by atoms with Gasteiger partial charge in [-0.25, -0.2) is 9.78 Å². The summed E-state index contributed by atoms with van der Waals surface area (Å²) in [5.41, 5.74) is 2.62. The summed E-state index contributed by atoms with van der Waals surface area (Å²) in [6.45, 7) is 5.34. The molecule has 38 heavy (non-hydrogen) atoms. The number of likely N-dealkylation sites (N-methyl/N-ethyl adjacent to an activating group) is 1. The first-order valence-corrected chi connectivity index (χ1v) is 13.6. The van der Waals surface area contributed by atoms with Crippen LogP contribution in [-0.4, -0.2) is 71.7 Å². The average molecular weight is 520 g/mol. The number of urea groups is 1. The highest BCUT2D eigenvalue weighted by molar-refractivity contribution is 5.93. The molecule has 0 unspecified atom stereocenters. The molecule has 9 nitrogen and oxygen atoms in total. The van der Waals surface area contributed by atoms with Crippen LogP contribution in [0.1, 0.15) is 50.6 Å². The number of ether oxygens (including phenoxy) is 2. The van der Waals surface area contributed by atoms with Crippen molar-refractivity contribution in [2.75, 3.05) is 45.3 Å². The Morgan fingerprint density at radius 1 is 1.05 bits per heavy atom. The molecule has 2 saturated heterocycles. The quantitative estimate of drug-likeness (QED) is 0.358. The smallest absolute Gasteiger partial charge is 0.324 e. The topological polar surface area (TPSA) is 80.1 Å². The first-order valence-electron chi connectivity index (χ1n) is 13.6. The van der Waals surface area contributed by atoms with Crippen molar-refractivity contribution in [3.8, 4) is 11.5 Å². The third-order valence-corrected chi connectivity index (χ3v) is 7.58. The van der Waals surface area contributed by atoms with Crippen LogP contribution >= 0.6 is 0 Å². The highest BCUT2D eigenvalue weighted by Crippen LogP contribution is 2.34. The first kappa shape index (κ1) is 25.9. The summed E-state index contributed by atoms with van der Waals surface area (Å²) in [5, 5.41) is 0.979. The van der Waals surface area contributed by atoms with Crippen molar-refractivity contribution in [3.05, 3.63) is 48.3 Å². The van der Waals surface area contributed by atoms with E-state index in [-0.39, 0.29) is 18.0 Å². The molecule has 4 heterocycles. The lowest BCUT2D eigenvalue weighted by Crippen LogP contribution is -2.49. The van der Waals surface area contributed by atoms with Crippen molar-refractivity contribution in [2.45, 2.75) is 51.6 Å². The zero-order valence-corrected chi connectivity index (χ0v) is 22.6. The minimum atomic E-state index is -0.221. The van der Waals surface area contributed by atoms with Crippen LogP contribution in [0.15, 0.2) is 42.7 Å². The number of unbranched alkanes of at least 4 members (excludes halogenated alkanes) is 2. The first-order chi connectivity index (χ1) is 18.5. The second-order valence-corrected chi connectivity index (χ2v) is 10.1. The van der Waals surface area contributed by atoms with E-state index >= 15 is 0 Å². The van der Waals surface area contributed by atoms with Crippen molar-refractivity contribution in [2.24, 2.45) is 0 Å². The van der Waals surface area contributed by atoms with Crippen molar-refractivity contribution in [1.29, 1.82) is 0 Å². The molecular weight excluding hydrogens is 482 g/mol. The second kappa shape index (κ2) is 11.3. The fourth-order valence-corrected chi connectivity index (χ4v) is 5.42. The Morgan fingerprint density at radius 3 is 2.68 bits per heavy atom. The lowest BCUT2D eigenvalue weighted by Gasteiger charge is -2.36. The Labute approximate surface area is 223 Å². The molecule has 5 rings (SSSR count). The van der Waals surface area contributed by atoms with Crippen LogP contribution in [-0.2, 0) is 11.3 Å². The molecule has 3 aromatic rings. The van der Waals surface area contributed by atoms with Gasteiger partial charge in [0, 0.05) is 62.8 Å². The van der Waals surface area contributed by atoms with Crippen LogP contribution in [0.5, 0.6) is 11.5 Å². The Morgan fingerprint density at radius 2 is 1.92 bits per heavy atom. The molecule has 0 N–H and O–H groups in total. The predicted molar refractivity (Wildman–Crippen MR) is 147 cm³/mol. The van der Waals surface area contributed by atoms with Crippen LogP contribution in [0.3, 0.4) is 0 Å². The SMILES string of the molecule is CCCCCOc1cc(N2CCCN(Cc3ccnc4c3ccn4[C@@H]3CCN(C)C3=O)C2=O)ccc1OC. The summed E-state index contributed by atoms with van der Waals surface area (Å²) < 4.78 is 13.5. The number of methoxy groups -OCH3 is 1. The monoisotopic (exact) mass is 519 g/mol. The number of amides is 3. The van der Waals surface area contributed by atoms with Gasteiger partial charge in [-0.2, -0.15) is 0 Å². The van der Waals surface area contributed by atoms with E-state index < -0.39 is 0 Å². The fourth-order valence-electron chi connectivity index (χ4n) is 5.42. The van der Waals surface area contributed by atoms with Crippen LogP contribution in [0.25, 0.3) is 11.0 Å². The van der Waals surface area contributed by atoms with E-state index in [9.17, 15) is 9.59 Å². The van der Waals surface area contributed by atoms with E-state index in [1.807, 2.05) is 57.9 Å². The number of aromatic nitrogens is 2. The highest BCUT2D eigenvalue weighted by atomic mass is 16.5. The average Bonchev–Trinajstić information content (AvgIpc) is 3.51. The van der Waals surface area contributed by atoms with Gasteiger partial charge in [-0.3, -0.25) is 9.69 Å². The highest BCUT2D eigenvalue weighted by Gasteiger charge is 2.32. The maximum Gasteiger partial charge on any atom is 0.324 e. The zero-order chi connectivity index (χ0) is 26.6. The molecule has 0 bridgehead atoms. The molecule has 2 aliphatic rings. The third kappa shape index (κ3) is 5.01. The molecule has 1 atom stereocenters. The molecule has 2 fully saturated rings. The largest absolute Gasteiger partial charge is 0.493 e. The van der Waals surface area contributed by atoms with Gasteiger partial charge in [0.05, 0.1) is 13.7 Å². The summed E-state index contributed by atoms with van der Waals surface area (Å²) in [7, 11) is 3.47. The number of pyridine rings is 1. The number of nitrogens with zero attached hydrogens (tertiary/aromatic N) is 5. The van der Waals surface area contributed by atoms with Crippen molar-refractivity contribution in [1.82, 2.24) is 19.4 Å². The Bertz CT molecular complexity index is 1310. The van der Waals surface area contributed by atoms with Crippen molar-refractivity contribution in [3.63, 3.8) is 0 Å².